The monoisotopic (exact) mass is 399 g/mol. The third-order valence-corrected chi connectivity index (χ3v) is 5.22. The molecule has 1 aromatic heterocycles. The highest BCUT2D eigenvalue weighted by atomic mass is 35.5. The van der Waals surface area contributed by atoms with Gasteiger partial charge in [0.05, 0.1) is 10.4 Å². The number of carbonyl (C=O) groups excluding carboxylic acids is 2. The first-order valence-corrected chi connectivity index (χ1v) is 9.50. The van der Waals surface area contributed by atoms with Gasteiger partial charge in [-0.05, 0) is 55.5 Å². The Hall–Kier alpha value is -2.83. The van der Waals surface area contributed by atoms with Gasteiger partial charge in [-0.15, -0.1) is 11.3 Å². The Morgan fingerprint density at radius 3 is 2.19 bits per heavy atom. The quantitative estimate of drug-likeness (QED) is 0.527. The molecule has 0 aliphatic rings. The van der Waals surface area contributed by atoms with Gasteiger partial charge in [-0.2, -0.15) is 0 Å². The maximum Gasteiger partial charge on any atom is 0.319 e. The molecular weight excluding hydrogens is 382 g/mol. The zero-order valence-corrected chi connectivity index (χ0v) is 16.1. The Morgan fingerprint density at radius 1 is 0.889 bits per heavy atom. The molecule has 0 bridgehead atoms. The van der Waals surface area contributed by atoms with Gasteiger partial charge in [-0.1, -0.05) is 29.8 Å². The van der Waals surface area contributed by atoms with Gasteiger partial charge in [0.2, 0.25) is 0 Å². The van der Waals surface area contributed by atoms with E-state index in [1.165, 1.54) is 11.3 Å². The van der Waals surface area contributed by atoms with E-state index in [4.69, 9.17) is 11.6 Å². The fourth-order valence-corrected chi connectivity index (χ4v) is 3.49. The second kappa shape index (κ2) is 8.70. The molecule has 0 fully saturated rings. The van der Waals surface area contributed by atoms with E-state index >= 15 is 0 Å². The molecular formula is C20H18ClN3O2S. The summed E-state index contributed by atoms with van der Waals surface area (Å²) in [6.45, 7) is 1.89. The minimum atomic E-state index is -0.325. The molecule has 3 aromatic rings. The van der Waals surface area contributed by atoms with Crippen molar-refractivity contribution in [1.29, 1.82) is 0 Å². The van der Waals surface area contributed by atoms with Crippen molar-refractivity contribution in [3.63, 3.8) is 0 Å². The molecule has 3 rings (SSSR count). The van der Waals surface area contributed by atoms with Crippen LogP contribution in [-0.4, -0.2) is 11.9 Å². The number of anilines is 2. The van der Waals surface area contributed by atoms with Gasteiger partial charge in [0.15, 0.2) is 0 Å². The summed E-state index contributed by atoms with van der Waals surface area (Å²) in [6, 6.07) is 19.1. The molecule has 7 heteroatoms. The average Bonchev–Trinajstić information content (AvgIpc) is 3.09. The number of nitrogens with one attached hydrogen (secondary N) is 3. The Balaban J connectivity index is 1.55. The summed E-state index contributed by atoms with van der Waals surface area (Å²) in [7, 11) is 0. The van der Waals surface area contributed by atoms with E-state index in [-0.39, 0.29) is 18.0 Å². The first kappa shape index (κ1) is 18.9. The lowest BCUT2D eigenvalue weighted by atomic mass is 10.2. The van der Waals surface area contributed by atoms with Crippen LogP contribution in [0.25, 0.3) is 0 Å². The number of hydrogen-bond acceptors (Lipinski definition) is 3. The summed E-state index contributed by atoms with van der Waals surface area (Å²) in [6.07, 6.45) is 0. The van der Waals surface area contributed by atoms with E-state index in [0.29, 0.717) is 15.6 Å². The predicted molar refractivity (Wildman–Crippen MR) is 111 cm³/mol. The maximum atomic E-state index is 12.2. The van der Waals surface area contributed by atoms with Crippen LogP contribution in [0, 0.1) is 0 Å². The summed E-state index contributed by atoms with van der Waals surface area (Å²) in [5.41, 5.74) is 1.83. The zero-order chi connectivity index (χ0) is 19.2. The van der Waals surface area contributed by atoms with Gasteiger partial charge in [0, 0.05) is 21.8 Å². The highest BCUT2D eigenvalue weighted by molar-refractivity contribution is 7.16. The average molecular weight is 400 g/mol. The molecule has 3 N–H and O–H groups in total. The van der Waals surface area contributed by atoms with Gasteiger partial charge in [0.25, 0.3) is 5.91 Å². The van der Waals surface area contributed by atoms with Crippen LogP contribution in [0.15, 0.2) is 66.7 Å². The van der Waals surface area contributed by atoms with Crippen LogP contribution < -0.4 is 16.0 Å². The predicted octanol–water partition coefficient (Wildman–Crippen LogP) is 5.54. The summed E-state index contributed by atoms with van der Waals surface area (Å²) in [5.74, 6) is -0.208. The molecule has 2 aromatic carbocycles. The minimum absolute atomic E-state index is 0.154. The van der Waals surface area contributed by atoms with E-state index in [1.807, 2.05) is 43.3 Å². The second-order valence-corrected chi connectivity index (χ2v) is 7.61. The summed E-state index contributed by atoms with van der Waals surface area (Å²) < 4.78 is 0.684. The lowest BCUT2D eigenvalue weighted by Gasteiger charge is -2.13. The number of rotatable bonds is 5. The van der Waals surface area contributed by atoms with Crippen molar-refractivity contribution in [2.45, 2.75) is 13.0 Å². The smallest absolute Gasteiger partial charge is 0.319 e. The first-order chi connectivity index (χ1) is 13.0. The van der Waals surface area contributed by atoms with Crippen molar-refractivity contribution in [1.82, 2.24) is 5.32 Å². The lowest BCUT2D eigenvalue weighted by molar-refractivity contribution is 0.102. The maximum absolute atomic E-state index is 12.2. The Morgan fingerprint density at radius 2 is 1.56 bits per heavy atom. The molecule has 0 aliphatic heterocycles. The number of halogens is 1. The minimum Gasteiger partial charge on any atom is -0.331 e. The van der Waals surface area contributed by atoms with Gasteiger partial charge in [-0.25, -0.2) is 4.79 Å². The number of urea groups is 1. The van der Waals surface area contributed by atoms with Crippen molar-refractivity contribution >= 4 is 46.3 Å². The van der Waals surface area contributed by atoms with E-state index in [1.54, 1.807) is 30.3 Å². The third-order valence-electron chi connectivity index (χ3n) is 3.80. The Labute approximate surface area is 166 Å². The molecule has 3 amide bonds. The van der Waals surface area contributed by atoms with E-state index in [2.05, 4.69) is 16.0 Å². The molecule has 1 unspecified atom stereocenters. The van der Waals surface area contributed by atoms with Gasteiger partial charge < -0.3 is 16.0 Å². The second-order valence-electron chi connectivity index (χ2n) is 5.86. The van der Waals surface area contributed by atoms with Crippen LogP contribution in [0.5, 0.6) is 0 Å². The van der Waals surface area contributed by atoms with Crippen molar-refractivity contribution in [3.8, 4) is 0 Å². The SMILES string of the molecule is CC(NC(=O)Nc1ccc(C(=O)Nc2ccccc2)cc1)c1ccc(Cl)s1. The van der Waals surface area contributed by atoms with Crippen LogP contribution in [0.4, 0.5) is 16.2 Å². The third kappa shape index (κ3) is 5.32. The first-order valence-electron chi connectivity index (χ1n) is 8.30. The lowest BCUT2D eigenvalue weighted by Crippen LogP contribution is -2.30. The fourth-order valence-electron chi connectivity index (χ4n) is 2.43. The molecule has 0 saturated carbocycles. The largest absolute Gasteiger partial charge is 0.331 e. The van der Waals surface area contributed by atoms with Gasteiger partial charge >= 0.3 is 6.03 Å². The topological polar surface area (TPSA) is 70.2 Å². The van der Waals surface area contributed by atoms with Crippen molar-refractivity contribution in [2.75, 3.05) is 10.6 Å². The number of hydrogen-bond donors (Lipinski definition) is 3. The van der Waals surface area contributed by atoms with Crippen molar-refractivity contribution < 1.29 is 9.59 Å². The normalized spacial score (nSPS) is 11.5. The van der Waals surface area contributed by atoms with Crippen LogP contribution in [0.2, 0.25) is 4.34 Å². The molecule has 0 aliphatic carbocycles. The molecule has 27 heavy (non-hydrogen) atoms. The van der Waals surface area contributed by atoms with E-state index < -0.39 is 0 Å². The molecule has 5 nitrogen and oxygen atoms in total. The number of para-hydroxylation sites is 1. The highest BCUT2D eigenvalue weighted by Gasteiger charge is 2.12. The molecule has 0 spiro atoms. The molecule has 0 saturated heterocycles. The summed E-state index contributed by atoms with van der Waals surface area (Å²) in [5, 5.41) is 8.42. The highest BCUT2D eigenvalue weighted by Crippen LogP contribution is 2.26. The Kier molecular flexibility index (Phi) is 6.11. The molecule has 138 valence electrons. The van der Waals surface area contributed by atoms with E-state index in [0.717, 1.165) is 10.6 Å². The van der Waals surface area contributed by atoms with Crippen LogP contribution in [0.3, 0.4) is 0 Å². The van der Waals surface area contributed by atoms with Gasteiger partial charge in [-0.3, -0.25) is 4.79 Å². The number of benzene rings is 2. The van der Waals surface area contributed by atoms with Crippen LogP contribution in [0.1, 0.15) is 28.2 Å². The molecule has 0 radical (unpaired) electrons. The molecule has 1 atom stereocenters. The standard InChI is InChI=1S/C20H18ClN3O2S/c1-13(17-11-12-18(21)27-17)22-20(26)24-16-9-7-14(8-10-16)19(25)23-15-5-3-2-4-6-15/h2-13H,1H3,(H,23,25)(H2,22,24,26). The van der Waals surface area contributed by atoms with Gasteiger partial charge in [0.1, 0.15) is 0 Å². The summed E-state index contributed by atoms with van der Waals surface area (Å²) in [4.78, 5) is 25.3. The number of thiophene rings is 1. The van der Waals surface area contributed by atoms with Crippen molar-refractivity contribution in [3.05, 3.63) is 81.5 Å². The van der Waals surface area contributed by atoms with Crippen LogP contribution >= 0.6 is 22.9 Å². The van der Waals surface area contributed by atoms with Crippen LogP contribution in [-0.2, 0) is 0 Å². The summed E-state index contributed by atoms with van der Waals surface area (Å²) >= 11 is 7.35. The zero-order valence-electron chi connectivity index (χ0n) is 14.5. The fraction of sp³-hybridized carbons (Fsp3) is 0.100. The van der Waals surface area contributed by atoms with Crippen molar-refractivity contribution in [2.24, 2.45) is 0 Å². The van der Waals surface area contributed by atoms with E-state index in [9.17, 15) is 9.59 Å². The Bertz CT molecular complexity index is 926. The number of amides is 3. The number of carbonyl (C=O) groups is 2. The molecule has 1 heterocycles.